The van der Waals surface area contributed by atoms with Crippen LogP contribution in [0.25, 0.3) is 6.08 Å². The van der Waals surface area contributed by atoms with Gasteiger partial charge in [-0.25, -0.2) is 0 Å². The quantitative estimate of drug-likeness (QED) is 0.506. The van der Waals surface area contributed by atoms with Crippen molar-refractivity contribution in [2.45, 2.75) is 6.92 Å². The summed E-state index contributed by atoms with van der Waals surface area (Å²) in [4.78, 5) is 26.2. The average Bonchev–Trinajstić information content (AvgIpc) is 2.86. The molecule has 0 spiro atoms. The first-order valence-corrected chi connectivity index (χ1v) is 9.77. The maximum absolute atomic E-state index is 12.5. The Morgan fingerprint density at radius 1 is 1.23 bits per heavy atom. The number of hydrogen-bond acceptors (Lipinski definition) is 5. The van der Waals surface area contributed by atoms with Gasteiger partial charge in [0.05, 0.1) is 15.0 Å². The van der Waals surface area contributed by atoms with Crippen molar-refractivity contribution in [2.24, 2.45) is 0 Å². The van der Waals surface area contributed by atoms with Crippen LogP contribution in [0.5, 0.6) is 11.5 Å². The SMILES string of the molecule is Cc1cccc(OCCN2C(=O)S/C(=C\c3ccc(O)c(I)c3)C2=O)c1. The number of hydrogen-bond donors (Lipinski definition) is 1. The summed E-state index contributed by atoms with van der Waals surface area (Å²) in [5.41, 5.74) is 1.84. The van der Waals surface area contributed by atoms with Crippen LogP contribution in [0.4, 0.5) is 4.79 Å². The molecule has 1 heterocycles. The summed E-state index contributed by atoms with van der Waals surface area (Å²) in [6, 6.07) is 12.6. The zero-order valence-corrected chi connectivity index (χ0v) is 16.9. The van der Waals surface area contributed by atoms with Crippen molar-refractivity contribution in [1.82, 2.24) is 4.90 Å². The monoisotopic (exact) mass is 481 g/mol. The maximum Gasteiger partial charge on any atom is 0.293 e. The molecule has 5 nitrogen and oxygen atoms in total. The zero-order valence-electron chi connectivity index (χ0n) is 13.9. The highest BCUT2D eigenvalue weighted by Crippen LogP contribution is 2.32. The van der Waals surface area contributed by atoms with Crippen molar-refractivity contribution in [2.75, 3.05) is 13.2 Å². The fraction of sp³-hybridized carbons (Fsp3) is 0.158. The number of nitrogens with zero attached hydrogens (tertiary/aromatic N) is 1. The van der Waals surface area contributed by atoms with Gasteiger partial charge in [-0.2, -0.15) is 0 Å². The largest absolute Gasteiger partial charge is 0.507 e. The number of halogens is 1. The van der Waals surface area contributed by atoms with E-state index < -0.39 is 0 Å². The third kappa shape index (κ3) is 4.39. The summed E-state index contributed by atoms with van der Waals surface area (Å²) in [5.74, 6) is 0.575. The highest BCUT2D eigenvalue weighted by atomic mass is 127. The molecule has 2 aromatic rings. The molecule has 1 aliphatic heterocycles. The van der Waals surface area contributed by atoms with E-state index >= 15 is 0 Å². The van der Waals surface area contributed by atoms with E-state index in [9.17, 15) is 14.7 Å². The number of amides is 2. The molecule has 134 valence electrons. The van der Waals surface area contributed by atoms with E-state index in [2.05, 4.69) is 0 Å². The predicted molar refractivity (Wildman–Crippen MR) is 110 cm³/mol. The van der Waals surface area contributed by atoms with Crippen molar-refractivity contribution in [3.63, 3.8) is 0 Å². The van der Waals surface area contributed by atoms with Crippen LogP contribution in [-0.4, -0.2) is 34.3 Å². The van der Waals surface area contributed by atoms with Crippen molar-refractivity contribution in [3.8, 4) is 11.5 Å². The molecule has 1 saturated heterocycles. The normalized spacial score (nSPS) is 15.8. The Bertz CT molecular complexity index is 897. The Labute approximate surface area is 169 Å². The minimum absolute atomic E-state index is 0.184. The molecule has 1 aliphatic rings. The van der Waals surface area contributed by atoms with Gasteiger partial charge < -0.3 is 9.84 Å². The second-order valence-electron chi connectivity index (χ2n) is 5.71. The third-order valence-electron chi connectivity index (χ3n) is 3.72. The number of aryl methyl sites for hydroxylation is 1. The second-order valence-corrected chi connectivity index (χ2v) is 7.86. The van der Waals surface area contributed by atoms with Gasteiger partial charge in [0, 0.05) is 0 Å². The molecule has 0 aromatic heterocycles. The van der Waals surface area contributed by atoms with Gasteiger partial charge >= 0.3 is 0 Å². The number of phenols is 1. The number of phenolic OH excluding ortho intramolecular Hbond substituents is 1. The smallest absolute Gasteiger partial charge is 0.293 e. The Morgan fingerprint density at radius 2 is 2.04 bits per heavy atom. The molecular formula is C19H16INO4S. The van der Waals surface area contributed by atoms with Crippen molar-refractivity contribution < 1.29 is 19.4 Å². The molecule has 0 atom stereocenters. The van der Waals surface area contributed by atoms with Crippen molar-refractivity contribution >= 4 is 51.6 Å². The van der Waals surface area contributed by atoms with Crippen LogP contribution in [0, 0.1) is 10.5 Å². The number of aromatic hydroxyl groups is 1. The van der Waals surface area contributed by atoms with E-state index in [1.165, 1.54) is 4.90 Å². The summed E-state index contributed by atoms with van der Waals surface area (Å²) in [7, 11) is 0. The lowest BCUT2D eigenvalue weighted by Gasteiger charge is -2.13. The molecule has 2 aromatic carbocycles. The van der Waals surface area contributed by atoms with E-state index in [-0.39, 0.29) is 30.0 Å². The van der Waals surface area contributed by atoms with Crippen molar-refractivity contribution in [1.29, 1.82) is 0 Å². The maximum atomic E-state index is 12.5. The average molecular weight is 481 g/mol. The van der Waals surface area contributed by atoms with Gasteiger partial charge in [-0.1, -0.05) is 18.2 Å². The van der Waals surface area contributed by atoms with Crippen LogP contribution in [0.3, 0.4) is 0 Å². The van der Waals surface area contributed by atoms with Gasteiger partial charge in [0.25, 0.3) is 11.1 Å². The first-order valence-electron chi connectivity index (χ1n) is 7.87. The molecule has 0 unspecified atom stereocenters. The van der Waals surface area contributed by atoms with Gasteiger partial charge in [0.15, 0.2) is 0 Å². The summed E-state index contributed by atoms with van der Waals surface area (Å²) >= 11 is 2.92. The van der Waals surface area contributed by atoms with Gasteiger partial charge in [0.2, 0.25) is 0 Å². The van der Waals surface area contributed by atoms with E-state index in [1.807, 2.05) is 53.8 Å². The highest BCUT2D eigenvalue weighted by Gasteiger charge is 2.34. The Balaban J connectivity index is 1.64. The standard InChI is InChI=1S/C19H16INO4S/c1-12-3-2-4-14(9-12)25-8-7-21-18(23)17(26-19(21)24)11-13-5-6-16(22)15(20)10-13/h2-6,9-11,22H,7-8H2,1H3/b17-11-. The number of ether oxygens (including phenoxy) is 1. The number of thioether (sulfide) groups is 1. The molecular weight excluding hydrogens is 465 g/mol. The lowest BCUT2D eigenvalue weighted by atomic mass is 10.2. The van der Waals surface area contributed by atoms with Gasteiger partial charge in [-0.3, -0.25) is 14.5 Å². The van der Waals surface area contributed by atoms with E-state index in [4.69, 9.17) is 4.74 Å². The van der Waals surface area contributed by atoms with Crippen molar-refractivity contribution in [3.05, 3.63) is 62.1 Å². The van der Waals surface area contributed by atoms with Gasteiger partial charge in [0.1, 0.15) is 18.1 Å². The topological polar surface area (TPSA) is 66.8 Å². The fourth-order valence-corrected chi connectivity index (χ4v) is 3.82. The number of benzene rings is 2. The predicted octanol–water partition coefficient (Wildman–Crippen LogP) is 4.42. The van der Waals surface area contributed by atoms with Gasteiger partial charge in [-0.05, 0) is 82.7 Å². The molecule has 0 aliphatic carbocycles. The van der Waals surface area contributed by atoms with E-state index in [0.717, 1.165) is 22.9 Å². The number of rotatable bonds is 5. The zero-order chi connectivity index (χ0) is 18.7. The fourth-order valence-electron chi connectivity index (χ4n) is 2.42. The Morgan fingerprint density at radius 3 is 2.77 bits per heavy atom. The number of carbonyl (C=O) groups excluding carboxylic acids is 2. The summed E-state index contributed by atoms with van der Waals surface area (Å²) < 4.78 is 6.31. The molecule has 1 fully saturated rings. The molecule has 0 radical (unpaired) electrons. The van der Waals surface area contributed by atoms with Crippen LogP contribution in [-0.2, 0) is 4.79 Å². The summed E-state index contributed by atoms with van der Waals surface area (Å²) in [6.45, 7) is 2.41. The molecule has 0 saturated carbocycles. The third-order valence-corrected chi connectivity index (χ3v) is 5.49. The molecule has 1 N–H and O–H groups in total. The minimum atomic E-state index is -0.323. The Hall–Kier alpha value is -2.00. The van der Waals surface area contributed by atoms with Crippen LogP contribution in [0.15, 0.2) is 47.4 Å². The first-order chi connectivity index (χ1) is 12.4. The molecule has 3 rings (SSSR count). The van der Waals surface area contributed by atoms with Gasteiger partial charge in [-0.15, -0.1) is 0 Å². The highest BCUT2D eigenvalue weighted by molar-refractivity contribution is 14.1. The van der Waals surface area contributed by atoms with Crippen LogP contribution in [0.1, 0.15) is 11.1 Å². The first kappa shape index (κ1) is 18.8. The lowest BCUT2D eigenvalue weighted by Crippen LogP contribution is -2.32. The number of carbonyl (C=O) groups is 2. The molecule has 7 heteroatoms. The van der Waals surface area contributed by atoms with Crippen LogP contribution in [0.2, 0.25) is 0 Å². The summed E-state index contributed by atoms with van der Waals surface area (Å²) in [6.07, 6.45) is 1.66. The minimum Gasteiger partial charge on any atom is -0.507 e. The second kappa shape index (κ2) is 8.13. The van der Waals surface area contributed by atoms with Crippen LogP contribution < -0.4 is 4.74 Å². The molecule has 0 bridgehead atoms. The lowest BCUT2D eigenvalue weighted by molar-refractivity contribution is -0.123. The van der Waals surface area contributed by atoms with E-state index in [0.29, 0.717) is 14.2 Å². The Kier molecular flexibility index (Phi) is 5.87. The van der Waals surface area contributed by atoms with Crippen LogP contribution >= 0.6 is 34.4 Å². The molecule has 26 heavy (non-hydrogen) atoms. The number of imide groups is 1. The van der Waals surface area contributed by atoms with E-state index in [1.54, 1.807) is 24.3 Å². The molecule has 2 amide bonds. The summed E-state index contributed by atoms with van der Waals surface area (Å²) in [5, 5.41) is 9.27.